The van der Waals surface area contributed by atoms with Gasteiger partial charge in [-0.3, -0.25) is 9.59 Å². The fourth-order valence-electron chi connectivity index (χ4n) is 4.43. The molecule has 1 aliphatic carbocycles. The molecule has 0 bridgehead atoms. The van der Waals surface area contributed by atoms with E-state index in [1.165, 1.54) is 12.1 Å². The number of carbonyl (C=O) groups excluding carboxylic acids is 2. The number of nitrogens with two attached hydrogens (primary N) is 1. The standard InChI is InChI=1S/C24H23FN2O2/c1-4-21(28)27-8-7-15-5-6-16(10-17(15)12-27)23-20(25)11-19(24(26)29)18-9-13(2)14(3)22(18)23/h4-6,10-11H,1,7-9,12H2,2-3H3,(H2,26,29). The van der Waals surface area contributed by atoms with Crippen LogP contribution in [0.2, 0.25) is 0 Å². The Bertz CT molecular complexity index is 1110. The Morgan fingerprint density at radius 2 is 1.93 bits per heavy atom. The first-order valence-electron chi connectivity index (χ1n) is 9.67. The summed E-state index contributed by atoms with van der Waals surface area (Å²) in [4.78, 5) is 25.6. The summed E-state index contributed by atoms with van der Waals surface area (Å²) in [6, 6.07) is 7.15. The van der Waals surface area contributed by atoms with Crippen LogP contribution in [0.15, 0.2) is 42.5 Å². The molecule has 2 aromatic carbocycles. The second kappa shape index (κ2) is 6.99. The van der Waals surface area contributed by atoms with Gasteiger partial charge in [-0.25, -0.2) is 4.39 Å². The Balaban J connectivity index is 1.87. The number of benzene rings is 2. The summed E-state index contributed by atoms with van der Waals surface area (Å²) >= 11 is 0. The number of allylic oxidation sites excluding steroid dienone is 2. The summed E-state index contributed by atoms with van der Waals surface area (Å²) in [5, 5.41) is 0. The molecule has 0 atom stereocenters. The molecule has 0 aromatic heterocycles. The van der Waals surface area contributed by atoms with Crippen LogP contribution in [0.25, 0.3) is 16.7 Å². The highest BCUT2D eigenvalue weighted by Gasteiger charge is 2.28. The second-order valence-electron chi connectivity index (χ2n) is 7.78. The van der Waals surface area contributed by atoms with Crippen molar-refractivity contribution in [3.05, 3.63) is 76.1 Å². The lowest BCUT2D eigenvalue weighted by atomic mass is 9.88. The molecule has 1 heterocycles. The van der Waals surface area contributed by atoms with Crippen molar-refractivity contribution < 1.29 is 14.0 Å². The van der Waals surface area contributed by atoms with Gasteiger partial charge in [-0.15, -0.1) is 0 Å². The van der Waals surface area contributed by atoms with Crippen molar-refractivity contribution in [1.29, 1.82) is 0 Å². The molecular weight excluding hydrogens is 367 g/mol. The van der Waals surface area contributed by atoms with Crippen LogP contribution >= 0.6 is 0 Å². The topological polar surface area (TPSA) is 63.4 Å². The summed E-state index contributed by atoms with van der Waals surface area (Å²) in [5.41, 5.74) is 12.8. The van der Waals surface area contributed by atoms with Crippen LogP contribution in [-0.4, -0.2) is 23.3 Å². The molecule has 2 amide bonds. The fraction of sp³-hybridized carbons (Fsp3) is 0.250. The zero-order valence-corrected chi connectivity index (χ0v) is 16.6. The summed E-state index contributed by atoms with van der Waals surface area (Å²) in [5.74, 6) is -1.17. The number of fused-ring (bicyclic) bond motifs is 2. The average Bonchev–Trinajstić information content (AvgIpc) is 3.00. The molecule has 2 aromatic rings. The zero-order chi connectivity index (χ0) is 20.9. The van der Waals surface area contributed by atoms with Crippen molar-refractivity contribution in [3.8, 4) is 11.1 Å². The maximum atomic E-state index is 15.2. The molecule has 1 aliphatic heterocycles. The van der Waals surface area contributed by atoms with Crippen molar-refractivity contribution >= 4 is 17.4 Å². The second-order valence-corrected chi connectivity index (χ2v) is 7.78. The molecule has 0 saturated heterocycles. The van der Waals surface area contributed by atoms with Gasteiger partial charge in [0.25, 0.3) is 0 Å². The molecule has 148 valence electrons. The molecule has 5 heteroatoms. The highest BCUT2D eigenvalue weighted by Crippen LogP contribution is 2.43. The molecule has 4 rings (SSSR count). The van der Waals surface area contributed by atoms with E-state index in [-0.39, 0.29) is 11.5 Å². The van der Waals surface area contributed by atoms with Crippen LogP contribution in [0.5, 0.6) is 0 Å². The van der Waals surface area contributed by atoms with Gasteiger partial charge in [0, 0.05) is 24.2 Å². The van der Waals surface area contributed by atoms with Crippen molar-refractivity contribution in [3.63, 3.8) is 0 Å². The van der Waals surface area contributed by atoms with Crippen LogP contribution in [-0.2, 0) is 24.2 Å². The summed E-state index contributed by atoms with van der Waals surface area (Å²) < 4.78 is 15.2. The Labute approximate surface area is 169 Å². The van der Waals surface area contributed by atoms with Crippen molar-refractivity contribution in [2.24, 2.45) is 5.73 Å². The molecule has 2 aliphatic rings. The monoisotopic (exact) mass is 390 g/mol. The first-order chi connectivity index (χ1) is 13.8. The Morgan fingerprint density at radius 1 is 1.17 bits per heavy atom. The number of amides is 2. The van der Waals surface area contributed by atoms with E-state index in [1.807, 2.05) is 32.0 Å². The maximum absolute atomic E-state index is 15.2. The number of primary amides is 1. The minimum Gasteiger partial charge on any atom is -0.366 e. The van der Waals surface area contributed by atoms with Gasteiger partial charge >= 0.3 is 0 Å². The Kier molecular flexibility index (Phi) is 4.61. The third-order valence-corrected chi connectivity index (χ3v) is 6.10. The van der Waals surface area contributed by atoms with Crippen LogP contribution in [0.4, 0.5) is 4.39 Å². The number of nitrogens with zero attached hydrogens (tertiary/aromatic N) is 1. The number of hydrogen-bond donors (Lipinski definition) is 1. The smallest absolute Gasteiger partial charge is 0.249 e. The van der Waals surface area contributed by atoms with E-state index in [1.54, 1.807) is 4.90 Å². The van der Waals surface area contributed by atoms with E-state index in [4.69, 9.17) is 5.73 Å². The first kappa shape index (κ1) is 19.1. The number of halogens is 1. The largest absolute Gasteiger partial charge is 0.366 e. The van der Waals surface area contributed by atoms with E-state index in [2.05, 4.69) is 6.58 Å². The first-order valence-corrected chi connectivity index (χ1v) is 9.67. The van der Waals surface area contributed by atoms with Gasteiger partial charge in [0.05, 0.1) is 0 Å². The predicted molar refractivity (Wildman–Crippen MR) is 112 cm³/mol. The number of rotatable bonds is 3. The van der Waals surface area contributed by atoms with Gasteiger partial charge in [-0.1, -0.05) is 24.3 Å². The molecule has 2 N–H and O–H groups in total. The molecule has 4 nitrogen and oxygen atoms in total. The van der Waals surface area contributed by atoms with Gasteiger partial charge in [-0.2, -0.15) is 0 Å². The predicted octanol–water partition coefficient (Wildman–Crippen LogP) is 4.01. The maximum Gasteiger partial charge on any atom is 0.249 e. The van der Waals surface area contributed by atoms with E-state index < -0.39 is 11.7 Å². The summed E-state index contributed by atoms with van der Waals surface area (Å²) in [6.07, 6.45) is 2.68. The summed E-state index contributed by atoms with van der Waals surface area (Å²) in [7, 11) is 0. The Morgan fingerprint density at radius 3 is 2.62 bits per heavy atom. The van der Waals surface area contributed by atoms with Gasteiger partial charge in [-0.05, 0) is 78.3 Å². The van der Waals surface area contributed by atoms with Gasteiger partial charge < -0.3 is 10.6 Å². The van der Waals surface area contributed by atoms with E-state index in [9.17, 15) is 9.59 Å². The molecule has 0 unspecified atom stereocenters. The lowest BCUT2D eigenvalue weighted by Crippen LogP contribution is -2.34. The van der Waals surface area contributed by atoms with Gasteiger partial charge in [0.1, 0.15) is 5.82 Å². The van der Waals surface area contributed by atoms with Crippen LogP contribution in [0.3, 0.4) is 0 Å². The van der Waals surface area contributed by atoms with Crippen molar-refractivity contribution in [2.45, 2.75) is 33.2 Å². The lowest BCUT2D eigenvalue weighted by Gasteiger charge is -2.28. The third kappa shape index (κ3) is 3.07. The minimum atomic E-state index is -0.613. The van der Waals surface area contributed by atoms with Crippen LogP contribution in [0, 0.1) is 5.82 Å². The molecule has 0 saturated carbocycles. The minimum absolute atomic E-state index is 0.103. The number of hydrogen-bond acceptors (Lipinski definition) is 2. The number of carbonyl (C=O) groups is 2. The van der Waals surface area contributed by atoms with Crippen LogP contribution in [0.1, 0.15) is 46.5 Å². The summed E-state index contributed by atoms with van der Waals surface area (Å²) in [6.45, 7) is 8.64. The fourth-order valence-corrected chi connectivity index (χ4v) is 4.43. The van der Waals surface area contributed by atoms with E-state index >= 15 is 4.39 Å². The normalized spacial score (nSPS) is 15.2. The Hall–Kier alpha value is -3.21. The third-order valence-electron chi connectivity index (χ3n) is 6.10. The molecule has 0 spiro atoms. The highest BCUT2D eigenvalue weighted by molar-refractivity contribution is 6.00. The van der Waals surface area contributed by atoms with Crippen LogP contribution < -0.4 is 5.73 Å². The molecule has 0 fully saturated rings. The van der Waals surface area contributed by atoms with Crippen molar-refractivity contribution in [2.75, 3.05) is 6.54 Å². The van der Waals surface area contributed by atoms with E-state index in [0.717, 1.165) is 45.4 Å². The van der Waals surface area contributed by atoms with Gasteiger partial charge in [0.15, 0.2) is 0 Å². The van der Waals surface area contributed by atoms with Crippen molar-refractivity contribution in [1.82, 2.24) is 4.90 Å². The quantitative estimate of drug-likeness (QED) is 0.805. The average molecular weight is 390 g/mol. The molecular formula is C24H23FN2O2. The molecule has 0 radical (unpaired) electrons. The highest BCUT2D eigenvalue weighted by atomic mass is 19.1. The lowest BCUT2D eigenvalue weighted by molar-refractivity contribution is -0.126. The SMILES string of the molecule is C=CC(=O)N1CCc2ccc(-c3c(F)cc(C(N)=O)c4c3C(C)=C(C)C4)cc2C1. The van der Waals surface area contributed by atoms with E-state index in [0.29, 0.717) is 25.1 Å². The van der Waals surface area contributed by atoms with Gasteiger partial charge in [0.2, 0.25) is 11.8 Å². The zero-order valence-electron chi connectivity index (χ0n) is 16.6. The molecule has 29 heavy (non-hydrogen) atoms.